The molecule has 0 bridgehead atoms. The summed E-state index contributed by atoms with van der Waals surface area (Å²) in [5.41, 5.74) is 0.155. The van der Waals surface area contributed by atoms with Crippen LogP contribution in [0.5, 0.6) is 0 Å². The van der Waals surface area contributed by atoms with Crippen LogP contribution in [-0.2, 0) is 25.6 Å². The molecular weight excluding hydrogens is 460 g/mol. The first-order chi connectivity index (χ1) is 16.6. The SMILES string of the molecule is CC(C)(C)OC(=O)N1CCN(CCOCCOCCNC(=O)OCc2ccc([N+](=O)[O-])cc2)CC1. The molecule has 0 aliphatic carbocycles. The van der Waals surface area contributed by atoms with Gasteiger partial charge in [0.1, 0.15) is 12.2 Å². The van der Waals surface area contributed by atoms with Gasteiger partial charge in [-0.1, -0.05) is 0 Å². The maximum Gasteiger partial charge on any atom is 0.410 e. The molecule has 196 valence electrons. The Bertz CT molecular complexity index is 805. The van der Waals surface area contributed by atoms with Crippen LogP contribution >= 0.6 is 0 Å². The third-order valence-corrected chi connectivity index (χ3v) is 4.98. The molecule has 12 heteroatoms. The highest BCUT2D eigenvalue weighted by atomic mass is 16.6. The fourth-order valence-corrected chi connectivity index (χ4v) is 3.14. The van der Waals surface area contributed by atoms with Crippen LogP contribution in [0.4, 0.5) is 15.3 Å². The van der Waals surface area contributed by atoms with Gasteiger partial charge in [0.05, 0.1) is 31.4 Å². The summed E-state index contributed by atoms with van der Waals surface area (Å²) in [7, 11) is 0. The van der Waals surface area contributed by atoms with E-state index in [9.17, 15) is 19.7 Å². The van der Waals surface area contributed by atoms with Crippen LogP contribution in [0.25, 0.3) is 0 Å². The van der Waals surface area contributed by atoms with E-state index in [1.807, 2.05) is 20.8 Å². The molecule has 0 saturated carbocycles. The van der Waals surface area contributed by atoms with Crippen molar-refractivity contribution in [3.05, 3.63) is 39.9 Å². The number of piperazine rings is 1. The van der Waals surface area contributed by atoms with E-state index in [1.54, 1.807) is 17.0 Å². The van der Waals surface area contributed by atoms with Gasteiger partial charge in [-0.3, -0.25) is 15.0 Å². The van der Waals surface area contributed by atoms with Crippen LogP contribution in [0.15, 0.2) is 24.3 Å². The summed E-state index contributed by atoms with van der Waals surface area (Å²) in [6, 6.07) is 5.80. The fourth-order valence-electron chi connectivity index (χ4n) is 3.14. The minimum atomic E-state index is -0.588. The van der Waals surface area contributed by atoms with Gasteiger partial charge in [0.2, 0.25) is 0 Å². The minimum Gasteiger partial charge on any atom is -0.445 e. The lowest BCUT2D eigenvalue weighted by Gasteiger charge is -2.35. The molecule has 1 fully saturated rings. The van der Waals surface area contributed by atoms with Crippen molar-refractivity contribution in [2.75, 3.05) is 65.7 Å². The Morgan fingerprint density at radius 2 is 1.63 bits per heavy atom. The number of hydrogen-bond acceptors (Lipinski definition) is 9. The van der Waals surface area contributed by atoms with Gasteiger partial charge in [-0.15, -0.1) is 0 Å². The quantitative estimate of drug-likeness (QED) is 0.263. The average molecular weight is 497 g/mol. The van der Waals surface area contributed by atoms with Gasteiger partial charge in [0, 0.05) is 51.4 Å². The Morgan fingerprint density at radius 3 is 2.23 bits per heavy atom. The van der Waals surface area contributed by atoms with Gasteiger partial charge in [-0.2, -0.15) is 0 Å². The molecule has 35 heavy (non-hydrogen) atoms. The molecule has 1 aliphatic rings. The van der Waals surface area contributed by atoms with Crippen LogP contribution < -0.4 is 5.32 Å². The predicted octanol–water partition coefficient (Wildman–Crippen LogP) is 2.41. The Hall–Kier alpha value is -2.96. The zero-order valence-electron chi connectivity index (χ0n) is 20.7. The number of carbonyl (C=O) groups is 2. The summed E-state index contributed by atoms with van der Waals surface area (Å²) < 4.78 is 21.5. The fraction of sp³-hybridized carbons (Fsp3) is 0.652. The number of nitro benzene ring substituents is 1. The highest BCUT2D eigenvalue weighted by Crippen LogP contribution is 2.13. The topological polar surface area (TPSA) is 133 Å². The summed E-state index contributed by atoms with van der Waals surface area (Å²) in [5.74, 6) is 0. The largest absolute Gasteiger partial charge is 0.445 e. The molecule has 0 radical (unpaired) electrons. The van der Waals surface area contributed by atoms with Crippen molar-refractivity contribution in [1.29, 1.82) is 0 Å². The lowest BCUT2D eigenvalue weighted by Crippen LogP contribution is -2.50. The Labute approximate surface area is 205 Å². The second-order valence-corrected chi connectivity index (χ2v) is 8.96. The summed E-state index contributed by atoms with van der Waals surface area (Å²) >= 11 is 0. The maximum absolute atomic E-state index is 12.1. The molecular formula is C23H36N4O8. The number of benzene rings is 1. The van der Waals surface area contributed by atoms with Crippen molar-refractivity contribution in [3.8, 4) is 0 Å². The van der Waals surface area contributed by atoms with E-state index in [0.29, 0.717) is 51.6 Å². The van der Waals surface area contributed by atoms with E-state index >= 15 is 0 Å². The van der Waals surface area contributed by atoms with Gasteiger partial charge < -0.3 is 29.2 Å². The lowest BCUT2D eigenvalue weighted by atomic mass is 10.2. The van der Waals surface area contributed by atoms with Gasteiger partial charge in [-0.05, 0) is 38.5 Å². The predicted molar refractivity (Wildman–Crippen MR) is 127 cm³/mol. The molecule has 0 spiro atoms. The summed E-state index contributed by atoms with van der Waals surface area (Å²) in [4.78, 5) is 37.9. The van der Waals surface area contributed by atoms with E-state index < -0.39 is 16.6 Å². The standard InChI is InChI=1S/C23H36N4O8/c1-23(2,3)35-22(29)26-11-9-25(10-12-26)13-15-33-17-16-32-14-8-24-21(28)34-18-19-4-6-20(7-5-19)27(30)31/h4-7H,8-18H2,1-3H3,(H,24,28). The van der Waals surface area contributed by atoms with Crippen molar-refractivity contribution < 1.29 is 33.5 Å². The number of ether oxygens (including phenoxy) is 4. The second kappa shape index (κ2) is 14.4. The molecule has 2 amide bonds. The molecule has 0 unspecified atom stereocenters. The summed E-state index contributed by atoms with van der Waals surface area (Å²) in [6.45, 7) is 11.3. The molecule has 1 aromatic carbocycles. The van der Waals surface area contributed by atoms with Gasteiger partial charge in [0.25, 0.3) is 5.69 Å². The number of carbonyl (C=O) groups excluding carboxylic acids is 2. The van der Waals surface area contributed by atoms with Crippen LogP contribution in [-0.4, -0.2) is 98.2 Å². The molecule has 1 N–H and O–H groups in total. The molecule has 1 aliphatic heterocycles. The van der Waals surface area contributed by atoms with E-state index in [1.165, 1.54) is 12.1 Å². The summed E-state index contributed by atoms with van der Waals surface area (Å²) in [6.07, 6.45) is -0.854. The van der Waals surface area contributed by atoms with Crippen molar-refractivity contribution in [3.63, 3.8) is 0 Å². The normalized spacial score (nSPS) is 14.4. The molecule has 12 nitrogen and oxygen atoms in total. The van der Waals surface area contributed by atoms with Crippen LogP contribution in [0, 0.1) is 10.1 Å². The van der Waals surface area contributed by atoms with Crippen molar-refractivity contribution >= 4 is 17.9 Å². The molecule has 1 heterocycles. The smallest absolute Gasteiger partial charge is 0.410 e. The van der Waals surface area contributed by atoms with Gasteiger partial charge in [-0.25, -0.2) is 9.59 Å². The number of nitro groups is 1. The Morgan fingerprint density at radius 1 is 1.00 bits per heavy atom. The molecule has 1 saturated heterocycles. The summed E-state index contributed by atoms with van der Waals surface area (Å²) in [5, 5.41) is 13.2. The van der Waals surface area contributed by atoms with Crippen molar-refractivity contribution in [2.24, 2.45) is 0 Å². The van der Waals surface area contributed by atoms with E-state index in [-0.39, 0.29) is 18.4 Å². The van der Waals surface area contributed by atoms with E-state index in [4.69, 9.17) is 18.9 Å². The van der Waals surface area contributed by atoms with Crippen LogP contribution in [0.3, 0.4) is 0 Å². The van der Waals surface area contributed by atoms with E-state index in [2.05, 4.69) is 10.2 Å². The maximum atomic E-state index is 12.1. The average Bonchev–Trinajstić information content (AvgIpc) is 2.81. The number of nitrogens with one attached hydrogen (secondary N) is 1. The minimum absolute atomic E-state index is 0.0162. The monoisotopic (exact) mass is 496 g/mol. The third-order valence-electron chi connectivity index (χ3n) is 4.98. The number of nitrogens with zero attached hydrogens (tertiary/aromatic N) is 3. The Kier molecular flexibility index (Phi) is 11.7. The van der Waals surface area contributed by atoms with Gasteiger partial charge >= 0.3 is 12.2 Å². The highest BCUT2D eigenvalue weighted by molar-refractivity contribution is 5.68. The number of rotatable bonds is 12. The van der Waals surface area contributed by atoms with Crippen molar-refractivity contribution in [2.45, 2.75) is 33.0 Å². The first-order valence-corrected chi connectivity index (χ1v) is 11.6. The molecule has 2 rings (SSSR count). The number of alkyl carbamates (subject to hydrolysis) is 1. The van der Waals surface area contributed by atoms with Crippen molar-refractivity contribution in [1.82, 2.24) is 15.1 Å². The van der Waals surface area contributed by atoms with Gasteiger partial charge in [0.15, 0.2) is 0 Å². The first-order valence-electron chi connectivity index (χ1n) is 11.6. The lowest BCUT2D eigenvalue weighted by molar-refractivity contribution is -0.384. The number of amides is 2. The zero-order chi connectivity index (χ0) is 25.7. The zero-order valence-corrected chi connectivity index (χ0v) is 20.7. The second-order valence-electron chi connectivity index (χ2n) is 8.96. The molecule has 0 atom stereocenters. The molecule has 1 aromatic rings. The Balaban J connectivity index is 1.41. The number of hydrogen-bond donors (Lipinski definition) is 1. The molecule has 0 aromatic heterocycles. The van der Waals surface area contributed by atoms with E-state index in [0.717, 1.165) is 19.6 Å². The first kappa shape index (κ1) is 28.3. The van der Waals surface area contributed by atoms with Crippen LogP contribution in [0.1, 0.15) is 26.3 Å². The number of non-ortho nitro benzene ring substituents is 1. The third kappa shape index (κ3) is 11.8. The van der Waals surface area contributed by atoms with Crippen LogP contribution in [0.2, 0.25) is 0 Å². The highest BCUT2D eigenvalue weighted by Gasteiger charge is 2.25.